The first-order valence-corrected chi connectivity index (χ1v) is 16.9. The van der Waals surface area contributed by atoms with Crippen molar-refractivity contribution in [3.8, 4) is 0 Å². The molecule has 2 aliphatic heterocycles. The number of nitrogens with one attached hydrogen (secondary N) is 1. The highest BCUT2D eigenvalue weighted by Crippen LogP contribution is 2.54. The van der Waals surface area contributed by atoms with Crippen LogP contribution in [0.5, 0.6) is 0 Å². The van der Waals surface area contributed by atoms with Gasteiger partial charge in [0.2, 0.25) is 17.7 Å². The maximum atomic E-state index is 14.1. The molecule has 0 saturated carbocycles. The fourth-order valence-corrected chi connectivity index (χ4v) is 9.02. The Hall–Kier alpha value is -3.67. The molecule has 0 unspecified atom stereocenters. The van der Waals surface area contributed by atoms with Crippen molar-refractivity contribution in [2.24, 2.45) is 5.92 Å². The van der Waals surface area contributed by atoms with Crippen LogP contribution in [0.15, 0.2) is 87.1 Å². The van der Waals surface area contributed by atoms with E-state index in [1.165, 1.54) is 21.2 Å². The van der Waals surface area contributed by atoms with Crippen molar-refractivity contribution in [1.29, 1.82) is 0 Å². The van der Waals surface area contributed by atoms with E-state index in [9.17, 15) is 19.2 Å². The number of carbonyl (C=O) groups is 3. The molecule has 1 N–H and O–H groups in total. The third-order valence-corrected chi connectivity index (χ3v) is 11.4. The average molecular weight is 692 g/mol. The van der Waals surface area contributed by atoms with Crippen LogP contribution < -0.4 is 20.0 Å². The molecule has 1 aromatic heterocycles. The number of hydrogen-bond acceptors (Lipinski definition) is 7. The van der Waals surface area contributed by atoms with E-state index in [0.717, 1.165) is 45.7 Å². The van der Waals surface area contributed by atoms with Crippen LogP contribution in [0, 0.1) is 12.8 Å². The number of aryl methyl sites for hydroxylation is 1. The van der Waals surface area contributed by atoms with Crippen molar-refractivity contribution in [2.45, 2.75) is 43.5 Å². The first-order valence-electron chi connectivity index (χ1n) is 14.5. The number of imide groups is 1. The van der Waals surface area contributed by atoms with Gasteiger partial charge in [0.1, 0.15) is 11.8 Å². The lowest BCUT2D eigenvalue weighted by Crippen LogP contribution is -2.33. The van der Waals surface area contributed by atoms with Gasteiger partial charge in [-0.1, -0.05) is 69.4 Å². The van der Waals surface area contributed by atoms with Gasteiger partial charge in [0.25, 0.3) is 0 Å². The quantitative estimate of drug-likeness (QED) is 0.220. The van der Waals surface area contributed by atoms with Crippen molar-refractivity contribution in [3.63, 3.8) is 0 Å². The topological polar surface area (TPSA) is 91.7 Å². The lowest BCUT2D eigenvalue weighted by Gasteiger charge is -2.31. The zero-order valence-corrected chi connectivity index (χ0v) is 27.7. The molecule has 0 spiro atoms. The maximum absolute atomic E-state index is 14.1. The molecular weight excluding hydrogens is 660 g/mol. The van der Waals surface area contributed by atoms with Gasteiger partial charge in [-0.25, -0.2) is 4.90 Å². The lowest BCUT2D eigenvalue weighted by atomic mass is 9.83. The highest BCUT2D eigenvalue weighted by Gasteiger charge is 2.56. The van der Waals surface area contributed by atoms with Gasteiger partial charge in [0.05, 0.1) is 16.6 Å². The molecule has 1 fully saturated rings. The van der Waals surface area contributed by atoms with Gasteiger partial charge in [-0.15, -0.1) is 0 Å². The molecule has 11 heteroatoms. The second kappa shape index (κ2) is 12.4. The summed E-state index contributed by atoms with van der Waals surface area (Å²) in [4.78, 5) is 58.6. The zero-order chi connectivity index (χ0) is 31.1. The molecule has 8 nitrogen and oxygen atoms in total. The Labute approximate surface area is 272 Å². The Bertz CT molecular complexity index is 1800. The molecule has 0 aliphatic carbocycles. The van der Waals surface area contributed by atoms with Crippen molar-refractivity contribution >= 4 is 73.8 Å². The monoisotopic (exact) mass is 690 g/mol. The summed E-state index contributed by atoms with van der Waals surface area (Å²) in [6, 6.07) is 22.6. The number of para-hydroxylation sites is 1. The van der Waals surface area contributed by atoms with Gasteiger partial charge < -0.3 is 10.2 Å². The summed E-state index contributed by atoms with van der Waals surface area (Å²) >= 11 is 5.69. The van der Waals surface area contributed by atoms with Crippen molar-refractivity contribution in [3.05, 3.63) is 103 Å². The number of rotatable bonds is 8. The van der Waals surface area contributed by atoms with E-state index >= 15 is 0 Å². The number of benzene rings is 3. The maximum Gasteiger partial charge on any atom is 0.308 e. The Morgan fingerprint density at radius 1 is 0.932 bits per heavy atom. The van der Waals surface area contributed by atoms with Crippen molar-refractivity contribution in [1.82, 2.24) is 4.57 Å². The number of fused-ring (bicyclic) bond motifs is 2. The Morgan fingerprint density at radius 3 is 2.27 bits per heavy atom. The minimum absolute atomic E-state index is 0.199. The van der Waals surface area contributed by atoms with E-state index in [0.29, 0.717) is 21.3 Å². The predicted octanol–water partition coefficient (Wildman–Crippen LogP) is 6.26. The van der Waals surface area contributed by atoms with Crippen LogP contribution in [0.3, 0.4) is 0 Å². The molecule has 44 heavy (non-hydrogen) atoms. The van der Waals surface area contributed by atoms with Gasteiger partial charge in [-0.2, -0.15) is 0 Å². The summed E-state index contributed by atoms with van der Waals surface area (Å²) in [7, 11) is 0. The van der Waals surface area contributed by atoms with Gasteiger partial charge in [-0.05, 0) is 74.4 Å². The Kier molecular flexibility index (Phi) is 8.54. The van der Waals surface area contributed by atoms with Crippen molar-refractivity contribution in [2.75, 3.05) is 28.2 Å². The molecular formula is C33H31BrN4O4S2. The second-order valence-electron chi connectivity index (χ2n) is 10.8. The minimum atomic E-state index is -0.745. The molecule has 3 heterocycles. The van der Waals surface area contributed by atoms with Crippen LogP contribution in [-0.4, -0.2) is 40.6 Å². The molecule has 0 radical (unpaired) electrons. The summed E-state index contributed by atoms with van der Waals surface area (Å²) in [6.07, 6.45) is 0. The summed E-state index contributed by atoms with van der Waals surface area (Å²) in [5.74, 6) is -2.16. The highest BCUT2D eigenvalue weighted by molar-refractivity contribution is 9.10. The largest absolute Gasteiger partial charge is 0.372 e. The number of nitrogens with zero attached hydrogens (tertiary/aromatic N) is 3. The molecule has 1 saturated heterocycles. The van der Waals surface area contributed by atoms with Crippen LogP contribution in [0.2, 0.25) is 0 Å². The normalized spacial score (nSPS) is 19.1. The number of amides is 3. The van der Waals surface area contributed by atoms with E-state index in [-0.39, 0.29) is 29.1 Å². The summed E-state index contributed by atoms with van der Waals surface area (Å²) < 4.78 is 2.29. The molecule has 2 aliphatic rings. The van der Waals surface area contributed by atoms with Crippen LogP contribution in [-0.2, 0) is 20.9 Å². The average Bonchev–Trinajstić information content (AvgIpc) is 3.46. The van der Waals surface area contributed by atoms with Gasteiger partial charge in [-0.3, -0.25) is 23.7 Å². The van der Waals surface area contributed by atoms with Crippen LogP contribution >= 0.6 is 39.0 Å². The van der Waals surface area contributed by atoms with E-state index in [2.05, 4.69) is 40.0 Å². The molecule has 6 rings (SSSR count). The number of thiazole rings is 1. The number of thioether (sulfide) groups is 1. The highest BCUT2D eigenvalue weighted by atomic mass is 79.9. The molecule has 3 amide bonds. The molecule has 3 aromatic carbocycles. The number of hydrogen-bond donors (Lipinski definition) is 1. The fraction of sp³-hybridized carbons (Fsp3) is 0.273. The van der Waals surface area contributed by atoms with Crippen LogP contribution in [0.25, 0.3) is 0 Å². The third-order valence-electron chi connectivity index (χ3n) is 8.24. The van der Waals surface area contributed by atoms with Crippen LogP contribution in [0.1, 0.15) is 35.8 Å². The third kappa shape index (κ3) is 5.41. The number of carbonyl (C=O) groups excluding carboxylic acids is 3. The summed E-state index contributed by atoms with van der Waals surface area (Å²) in [5, 5.41) is 2.73. The first kappa shape index (κ1) is 30.4. The van der Waals surface area contributed by atoms with Crippen molar-refractivity contribution < 1.29 is 14.4 Å². The SMILES string of the molecule is CCN(CC)c1ccc([C@@H]2c3sc(=O)n(CC(=O)Nc4ccccc4C)c3S[C@H]3C(=O)N(c4ccc(Br)cc4)C(=O)[C@@H]23)cc1. The van der Waals surface area contributed by atoms with Gasteiger partial charge in [0, 0.05) is 39.7 Å². The number of anilines is 3. The van der Waals surface area contributed by atoms with Crippen LogP contribution in [0.4, 0.5) is 17.1 Å². The summed E-state index contributed by atoms with van der Waals surface area (Å²) in [6.45, 7) is 7.61. The number of aromatic nitrogens is 1. The van der Waals surface area contributed by atoms with E-state index < -0.39 is 17.1 Å². The van der Waals surface area contributed by atoms with E-state index in [1.54, 1.807) is 24.3 Å². The Morgan fingerprint density at radius 2 is 1.61 bits per heavy atom. The number of halogens is 1. The smallest absolute Gasteiger partial charge is 0.308 e. The standard InChI is InChI=1S/C33H31BrN4O4S2/c1-4-36(5-2)22-14-10-20(11-15-22)26-27-28(31(41)38(30(27)40)23-16-12-21(34)13-17-23)43-32-29(26)44-33(42)37(32)18-25(39)35-24-9-7-6-8-19(24)3/h6-17,26-28H,4-5,18H2,1-3H3,(H,35,39)/t26-,27-,28+/m0/s1. The lowest BCUT2D eigenvalue weighted by molar-refractivity contribution is -0.122. The van der Waals surface area contributed by atoms with E-state index in [1.807, 2.05) is 55.5 Å². The zero-order valence-electron chi connectivity index (χ0n) is 24.5. The minimum Gasteiger partial charge on any atom is -0.372 e. The fourth-order valence-electron chi connectivity index (χ4n) is 5.99. The first-order chi connectivity index (χ1) is 21.2. The van der Waals surface area contributed by atoms with Gasteiger partial charge >= 0.3 is 4.87 Å². The molecule has 4 aromatic rings. The Balaban J connectivity index is 1.42. The molecule has 226 valence electrons. The molecule has 0 bridgehead atoms. The van der Waals surface area contributed by atoms with Gasteiger partial charge in [0.15, 0.2) is 0 Å². The van der Waals surface area contributed by atoms with E-state index in [4.69, 9.17) is 0 Å². The predicted molar refractivity (Wildman–Crippen MR) is 180 cm³/mol. The second-order valence-corrected chi connectivity index (χ2v) is 13.8. The summed E-state index contributed by atoms with van der Waals surface area (Å²) in [5.41, 5.74) is 4.01. The molecule has 3 atom stereocenters.